The SMILES string of the molecule is CC.C[C@@H]1CCCC1CC=O. The molecule has 2 atom stereocenters. The Morgan fingerprint density at radius 1 is 1.36 bits per heavy atom. The van der Waals surface area contributed by atoms with Gasteiger partial charge in [0.05, 0.1) is 0 Å². The molecule has 1 aliphatic rings. The number of rotatable bonds is 2. The van der Waals surface area contributed by atoms with Gasteiger partial charge in [-0.3, -0.25) is 0 Å². The van der Waals surface area contributed by atoms with E-state index in [9.17, 15) is 4.79 Å². The molecule has 0 aliphatic heterocycles. The Kier molecular flexibility index (Phi) is 6.19. The Morgan fingerprint density at radius 3 is 2.36 bits per heavy atom. The maximum absolute atomic E-state index is 10.1. The summed E-state index contributed by atoms with van der Waals surface area (Å²) in [6.45, 7) is 6.25. The summed E-state index contributed by atoms with van der Waals surface area (Å²) in [5, 5.41) is 0. The molecule has 0 saturated heterocycles. The minimum atomic E-state index is 0.711. The molecular formula is C10H20O. The number of carbonyl (C=O) groups is 1. The molecule has 0 aromatic rings. The summed E-state index contributed by atoms with van der Waals surface area (Å²) in [5.41, 5.74) is 0. The smallest absolute Gasteiger partial charge is 0.120 e. The van der Waals surface area contributed by atoms with E-state index in [0.717, 1.165) is 18.6 Å². The zero-order valence-electron chi connectivity index (χ0n) is 7.97. The summed E-state index contributed by atoms with van der Waals surface area (Å²) < 4.78 is 0. The van der Waals surface area contributed by atoms with E-state index in [1.54, 1.807) is 0 Å². The molecule has 1 heteroatoms. The van der Waals surface area contributed by atoms with Crippen LogP contribution in [0.25, 0.3) is 0 Å². The predicted octanol–water partition coefficient (Wildman–Crippen LogP) is 3.04. The van der Waals surface area contributed by atoms with E-state index in [2.05, 4.69) is 6.92 Å². The van der Waals surface area contributed by atoms with Crippen LogP contribution in [0.4, 0.5) is 0 Å². The van der Waals surface area contributed by atoms with E-state index in [1.165, 1.54) is 19.3 Å². The second kappa shape index (κ2) is 6.38. The third kappa shape index (κ3) is 3.54. The Balaban J connectivity index is 0.000000461. The molecule has 1 unspecified atom stereocenters. The number of carbonyl (C=O) groups excluding carboxylic acids is 1. The molecule has 1 fully saturated rings. The fraction of sp³-hybridized carbons (Fsp3) is 0.900. The molecule has 1 nitrogen and oxygen atoms in total. The highest BCUT2D eigenvalue weighted by Gasteiger charge is 2.21. The molecule has 0 radical (unpaired) electrons. The first-order valence-corrected chi connectivity index (χ1v) is 4.78. The van der Waals surface area contributed by atoms with Crippen LogP contribution in [-0.2, 0) is 4.79 Å². The molecule has 1 rings (SSSR count). The third-order valence-electron chi connectivity index (χ3n) is 2.44. The fourth-order valence-corrected chi connectivity index (χ4v) is 1.70. The monoisotopic (exact) mass is 156 g/mol. The Hall–Kier alpha value is -0.330. The van der Waals surface area contributed by atoms with Gasteiger partial charge in [-0.2, -0.15) is 0 Å². The van der Waals surface area contributed by atoms with E-state index in [-0.39, 0.29) is 0 Å². The summed E-state index contributed by atoms with van der Waals surface area (Å²) in [5.74, 6) is 1.51. The molecule has 0 aromatic heterocycles. The lowest BCUT2D eigenvalue weighted by Crippen LogP contribution is -2.03. The van der Waals surface area contributed by atoms with Crippen LogP contribution in [-0.4, -0.2) is 6.29 Å². The van der Waals surface area contributed by atoms with Gasteiger partial charge in [-0.05, 0) is 18.3 Å². The van der Waals surface area contributed by atoms with Gasteiger partial charge in [0.25, 0.3) is 0 Å². The highest BCUT2D eigenvalue weighted by molar-refractivity contribution is 5.49. The number of hydrogen-bond acceptors (Lipinski definition) is 1. The first-order chi connectivity index (χ1) is 5.34. The van der Waals surface area contributed by atoms with Gasteiger partial charge in [-0.25, -0.2) is 0 Å². The molecule has 0 heterocycles. The van der Waals surface area contributed by atoms with Crippen molar-refractivity contribution in [3.8, 4) is 0 Å². The average Bonchev–Trinajstić information content (AvgIpc) is 2.42. The van der Waals surface area contributed by atoms with Crippen LogP contribution >= 0.6 is 0 Å². The maximum atomic E-state index is 10.1. The Bertz CT molecular complexity index is 99.0. The van der Waals surface area contributed by atoms with Gasteiger partial charge in [0.15, 0.2) is 0 Å². The van der Waals surface area contributed by atoms with Crippen LogP contribution in [0.2, 0.25) is 0 Å². The second-order valence-electron chi connectivity index (χ2n) is 3.07. The van der Waals surface area contributed by atoms with Crippen molar-refractivity contribution in [2.75, 3.05) is 0 Å². The fourth-order valence-electron chi connectivity index (χ4n) is 1.70. The quantitative estimate of drug-likeness (QED) is 0.562. The molecule has 0 amide bonds. The van der Waals surface area contributed by atoms with Crippen molar-refractivity contribution >= 4 is 6.29 Å². The second-order valence-corrected chi connectivity index (χ2v) is 3.07. The van der Waals surface area contributed by atoms with Gasteiger partial charge in [0.1, 0.15) is 6.29 Å². The molecule has 0 spiro atoms. The zero-order chi connectivity index (χ0) is 8.69. The molecule has 66 valence electrons. The third-order valence-corrected chi connectivity index (χ3v) is 2.44. The van der Waals surface area contributed by atoms with Crippen molar-refractivity contribution in [3.63, 3.8) is 0 Å². The lowest BCUT2D eigenvalue weighted by atomic mass is 9.96. The normalized spacial score (nSPS) is 29.0. The lowest BCUT2D eigenvalue weighted by molar-refractivity contribution is -0.108. The van der Waals surface area contributed by atoms with E-state index in [0.29, 0.717) is 5.92 Å². The maximum Gasteiger partial charge on any atom is 0.120 e. The first kappa shape index (κ1) is 10.7. The van der Waals surface area contributed by atoms with Crippen molar-refractivity contribution < 1.29 is 4.79 Å². The number of hydrogen-bond donors (Lipinski definition) is 0. The largest absolute Gasteiger partial charge is 0.303 e. The lowest BCUT2D eigenvalue weighted by Gasteiger charge is -2.09. The van der Waals surface area contributed by atoms with E-state index in [1.807, 2.05) is 13.8 Å². The standard InChI is InChI=1S/C8H14O.C2H6/c1-7-3-2-4-8(7)5-6-9;1-2/h6-8H,2-5H2,1H3;1-2H3/t7-,8?;/m1./s1. The van der Waals surface area contributed by atoms with Gasteiger partial charge in [-0.15, -0.1) is 0 Å². The van der Waals surface area contributed by atoms with E-state index in [4.69, 9.17) is 0 Å². The van der Waals surface area contributed by atoms with Crippen LogP contribution in [0.1, 0.15) is 46.5 Å². The summed E-state index contributed by atoms with van der Waals surface area (Å²) in [6, 6.07) is 0. The average molecular weight is 156 g/mol. The highest BCUT2D eigenvalue weighted by Crippen LogP contribution is 2.32. The van der Waals surface area contributed by atoms with Crippen LogP contribution in [0, 0.1) is 11.8 Å². The first-order valence-electron chi connectivity index (χ1n) is 4.78. The van der Waals surface area contributed by atoms with Gasteiger partial charge in [-0.1, -0.05) is 33.6 Å². The van der Waals surface area contributed by atoms with E-state index < -0.39 is 0 Å². The zero-order valence-corrected chi connectivity index (χ0v) is 7.97. The van der Waals surface area contributed by atoms with Crippen molar-refractivity contribution in [3.05, 3.63) is 0 Å². The van der Waals surface area contributed by atoms with Crippen LogP contribution in [0.5, 0.6) is 0 Å². The molecule has 0 bridgehead atoms. The highest BCUT2D eigenvalue weighted by atomic mass is 16.1. The van der Waals surface area contributed by atoms with E-state index >= 15 is 0 Å². The van der Waals surface area contributed by atoms with Crippen molar-refractivity contribution in [2.24, 2.45) is 11.8 Å². The van der Waals surface area contributed by atoms with Crippen molar-refractivity contribution in [1.82, 2.24) is 0 Å². The van der Waals surface area contributed by atoms with Crippen LogP contribution < -0.4 is 0 Å². The van der Waals surface area contributed by atoms with Gasteiger partial charge in [0, 0.05) is 6.42 Å². The number of aldehydes is 1. The van der Waals surface area contributed by atoms with Gasteiger partial charge in [0.2, 0.25) is 0 Å². The Morgan fingerprint density at radius 2 is 2.00 bits per heavy atom. The summed E-state index contributed by atoms with van der Waals surface area (Å²) in [6.07, 6.45) is 5.80. The summed E-state index contributed by atoms with van der Waals surface area (Å²) in [7, 11) is 0. The predicted molar refractivity (Wildman–Crippen MR) is 48.5 cm³/mol. The Labute approximate surface area is 70.2 Å². The summed E-state index contributed by atoms with van der Waals surface area (Å²) in [4.78, 5) is 10.1. The van der Waals surface area contributed by atoms with Gasteiger partial charge >= 0.3 is 0 Å². The minimum absolute atomic E-state index is 0.711. The molecule has 11 heavy (non-hydrogen) atoms. The van der Waals surface area contributed by atoms with Crippen LogP contribution in [0.3, 0.4) is 0 Å². The van der Waals surface area contributed by atoms with Crippen molar-refractivity contribution in [2.45, 2.75) is 46.5 Å². The topological polar surface area (TPSA) is 17.1 Å². The molecule has 1 aliphatic carbocycles. The molecule has 0 aromatic carbocycles. The molecular weight excluding hydrogens is 136 g/mol. The minimum Gasteiger partial charge on any atom is -0.303 e. The molecule has 0 N–H and O–H groups in total. The molecule has 1 saturated carbocycles. The van der Waals surface area contributed by atoms with Crippen LogP contribution in [0.15, 0.2) is 0 Å². The van der Waals surface area contributed by atoms with Gasteiger partial charge < -0.3 is 4.79 Å². The van der Waals surface area contributed by atoms with Crippen molar-refractivity contribution in [1.29, 1.82) is 0 Å². The summed E-state index contributed by atoms with van der Waals surface area (Å²) >= 11 is 0.